The van der Waals surface area contributed by atoms with Gasteiger partial charge in [-0.15, -0.1) is 0 Å². The van der Waals surface area contributed by atoms with E-state index in [9.17, 15) is 4.79 Å². The lowest BCUT2D eigenvalue weighted by Gasteiger charge is -2.39. The zero-order valence-corrected chi connectivity index (χ0v) is 16.4. The molecule has 4 aliphatic heterocycles. The maximum Gasteiger partial charge on any atom is 0.253 e. The highest BCUT2D eigenvalue weighted by Gasteiger charge is 2.37. The molecule has 0 unspecified atom stereocenters. The van der Waals surface area contributed by atoms with Crippen LogP contribution >= 0.6 is 0 Å². The lowest BCUT2D eigenvalue weighted by Crippen LogP contribution is -2.49. The number of ether oxygens (including phenoxy) is 1. The van der Waals surface area contributed by atoms with Crippen LogP contribution in [0.1, 0.15) is 36.0 Å². The third kappa shape index (κ3) is 4.33. The van der Waals surface area contributed by atoms with Gasteiger partial charge < -0.3 is 9.64 Å². The van der Waals surface area contributed by atoms with Crippen LogP contribution in [0, 0.1) is 5.92 Å². The summed E-state index contributed by atoms with van der Waals surface area (Å²) >= 11 is 0. The van der Waals surface area contributed by atoms with Gasteiger partial charge in [0, 0.05) is 76.4 Å². The van der Waals surface area contributed by atoms with Crippen molar-refractivity contribution in [1.29, 1.82) is 0 Å². The Kier molecular flexibility index (Phi) is 6.05. The first-order valence-electron chi connectivity index (χ1n) is 10.4. The van der Waals surface area contributed by atoms with Gasteiger partial charge in [0.25, 0.3) is 5.91 Å². The second-order valence-electron chi connectivity index (χ2n) is 8.30. The van der Waals surface area contributed by atoms with Crippen molar-refractivity contribution in [3.8, 4) is 0 Å². The van der Waals surface area contributed by atoms with Gasteiger partial charge in [0.05, 0.1) is 6.61 Å². The molecule has 5 rings (SSSR count). The minimum atomic E-state index is 0.150. The molecule has 2 atom stereocenters. The number of piperidine rings is 2. The first-order valence-corrected chi connectivity index (χ1v) is 10.4. The maximum absolute atomic E-state index is 12.7. The van der Waals surface area contributed by atoms with Gasteiger partial charge in [-0.2, -0.15) is 0 Å². The fraction of sp³-hybridized carbons (Fsp3) is 0.714. The molecule has 6 heteroatoms. The Morgan fingerprint density at radius 1 is 1.07 bits per heavy atom. The lowest BCUT2D eigenvalue weighted by molar-refractivity contribution is 0.0595. The minimum absolute atomic E-state index is 0.150. The fourth-order valence-corrected chi connectivity index (χ4v) is 5.11. The summed E-state index contributed by atoms with van der Waals surface area (Å²) in [6, 6.07) is 4.93. The Bertz CT molecular complexity index is 618. The van der Waals surface area contributed by atoms with Gasteiger partial charge in [-0.25, -0.2) is 0 Å². The number of hydrogen-bond donors (Lipinski definition) is 0. The number of carbonyl (C=O) groups is 1. The van der Waals surface area contributed by atoms with Crippen LogP contribution in [-0.4, -0.2) is 90.7 Å². The van der Waals surface area contributed by atoms with E-state index in [1.54, 1.807) is 19.5 Å². The normalized spacial score (nSPS) is 27.7. The van der Waals surface area contributed by atoms with E-state index in [1.165, 1.54) is 32.5 Å². The van der Waals surface area contributed by atoms with Gasteiger partial charge >= 0.3 is 0 Å². The van der Waals surface area contributed by atoms with Crippen LogP contribution in [0.3, 0.4) is 0 Å². The number of methoxy groups -OCH3 is 1. The van der Waals surface area contributed by atoms with Crippen LogP contribution in [0.2, 0.25) is 0 Å². The maximum atomic E-state index is 12.7. The first-order chi connectivity index (χ1) is 13.2. The van der Waals surface area contributed by atoms with Crippen LogP contribution in [0.25, 0.3) is 0 Å². The molecular formula is C21H32N4O2. The monoisotopic (exact) mass is 372 g/mol. The molecule has 4 fully saturated rings. The van der Waals surface area contributed by atoms with Gasteiger partial charge in [-0.1, -0.05) is 0 Å². The van der Waals surface area contributed by atoms with Crippen molar-refractivity contribution in [1.82, 2.24) is 19.7 Å². The summed E-state index contributed by atoms with van der Waals surface area (Å²) in [5.41, 5.74) is 0.755. The molecule has 0 radical (unpaired) electrons. The average molecular weight is 373 g/mol. The second kappa shape index (κ2) is 8.67. The third-order valence-corrected chi connectivity index (χ3v) is 6.63. The van der Waals surface area contributed by atoms with Gasteiger partial charge in [-0.05, 0) is 43.7 Å². The molecule has 2 bridgehead atoms. The number of amides is 1. The average Bonchev–Trinajstić information content (AvgIpc) is 3.04. The molecule has 148 valence electrons. The molecule has 6 nitrogen and oxygen atoms in total. The number of hydrogen-bond acceptors (Lipinski definition) is 5. The van der Waals surface area contributed by atoms with E-state index >= 15 is 0 Å². The molecule has 1 aromatic heterocycles. The Morgan fingerprint density at radius 2 is 1.85 bits per heavy atom. The number of likely N-dealkylation sites (tertiary alicyclic amines) is 1. The van der Waals surface area contributed by atoms with Gasteiger partial charge in [-0.3, -0.25) is 19.6 Å². The van der Waals surface area contributed by atoms with Crippen molar-refractivity contribution in [2.24, 2.45) is 5.92 Å². The smallest absolute Gasteiger partial charge is 0.253 e. The highest BCUT2D eigenvalue weighted by Crippen LogP contribution is 2.31. The Labute approximate surface area is 162 Å². The summed E-state index contributed by atoms with van der Waals surface area (Å²) in [7, 11) is 1.80. The molecule has 0 spiro atoms. The molecule has 0 N–H and O–H groups in total. The van der Waals surface area contributed by atoms with E-state index in [2.05, 4.69) is 14.8 Å². The Morgan fingerprint density at radius 3 is 2.59 bits per heavy atom. The number of fused-ring (bicyclic) bond motifs is 4. The summed E-state index contributed by atoms with van der Waals surface area (Å²) < 4.78 is 5.31. The topological polar surface area (TPSA) is 48.9 Å². The zero-order chi connectivity index (χ0) is 18.6. The predicted octanol–water partition coefficient (Wildman–Crippen LogP) is 1.73. The van der Waals surface area contributed by atoms with Crippen LogP contribution < -0.4 is 0 Å². The molecular weight excluding hydrogens is 340 g/mol. The number of aromatic nitrogens is 1. The molecule has 1 aromatic rings. The highest BCUT2D eigenvalue weighted by molar-refractivity contribution is 5.94. The van der Waals surface area contributed by atoms with E-state index in [1.807, 2.05) is 17.0 Å². The lowest BCUT2D eigenvalue weighted by atomic mass is 9.95. The summed E-state index contributed by atoms with van der Waals surface area (Å²) in [4.78, 5) is 24.1. The van der Waals surface area contributed by atoms with Crippen LogP contribution in [0.5, 0.6) is 0 Å². The van der Waals surface area contributed by atoms with E-state index in [0.717, 1.165) is 50.6 Å². The Balaban J connectivity index is 1.33. The molecule has 4 aliphatic rings. The molecule has 0 aliphatic carbocycles. The summed E-state index contributed by atoms with van der Waals surface area (Å²) in [5, 5.41) is 0. The largest absolute Gasteiger partial charge is 0.383 e. The number of carbonyl (C=O) groups excluding carboxylic acids is 1. The third-order valence-electron chi connectivity index (χ3n) is 6.63. The van der Waals surface area contributed by atoms with Crippen molar-refractivity contribution in [3.05, 3.63) is 30.1 Å². The zero-order valence-electron chi connectivity index (χ0n) is 16.4. The minimum Gasteiger partial charge on any atom is -0.383 e. The standard InChI is InChI=1S/C21H32N4O2/c1-27-13-12-24-14-17-2-3-20(24)16-25(15-17)19-6-10-23(11-7-19)21(26)18-4-8-22-9-5-18/h4-5,8-9,17,19-20H,2-3,6-7,10-16H2,1H3/t17-,20-/m0/s1. The Hall–Kier alpha value is -1.50. The van der Waals surface area contributed by atoms with Crippen LogP contribution in [0.4, 0.5) is 0 Å². The van der Waals surface area contributed by atoms with Gasteiger partial charge in [0.15, 0.2) is 0 Å². The molecule has 0 aromatic carbocycles. The van der Waals surface area contributed by atoms with E-state index in [4.69, 9.17) is 4.74 Å². The van der Waals surface area contributed by atoms with Crippen molar-refractivity contribution in [2.45, 2.75) is 37.8 Å². The predicted molar refractivity (Wildman–Crippen MR) is 105 cm³/mol. The van der Waals surface area contributed by atoms with Crippen molar-refractivity contribution in [3.63, 3.8) is 0 Å². The molecule has 0 saturated carbocycles. The summed E-state index contributed by atoms with van der Waals surface area (Å²) in [6.07, 6.45) is 8.27. The highest BCUT2D eigenvalue weighted by atomic mass is 16.5. The van der Waals surface area contributed by atoms with Crippen LogP contribution in [-0.2, 0) is 4.74 Å². The molecule has 4 saturated heterocycles. The quantitative estimate of drug-likeness (QED) is 0.788. The SMILES string of the molecule is COCCN1C[C@@H]2CC[C@H]1CN(C1CCN(C(=O)c3ccncc3)CC1)C2. The van der Waals surface area contributed by atoms with E-state index in [-0.39, 0.29) is 5.91 Å². The molecule has 27 heavy (non-hydrogen) atoms. The number of rotatable bonds is 5. The fourth-order valence-electron chi connectivity index (χ4n) is 5.11. The van der Waals surface area contributed by atoms with Gasteiger partial charge in [0.1, 0.15) is 0 Å². The van der Waals surface area contributed by atoms with Gasteiger partial charge in [0.2, 0.25) is 0 Å². The molecule has 1 amide bonds. The van der Waals surface area contributed by atoms with E-state index in [0.29, 0.717) is 12.1 Å². The van der Waals surface area contributed by atoms with Crippen molar-refractivity contribution < 1.29 is 9.53 Å². The van der Waals surface area contributed by atoms with Crippen LogP contribution in [0.15, 0.2) is 24.5 Å². The second-order valence-corrected chi connectivity index (χ2v) is 8.30. The van der Waals surface area contributed by atoms with Crippen molar-refractivity contribution in [2.75, 3.05) is 53.0 Å². The molecule has 5 heterocycles. The number of nitrogens with zero attached hydrogens (tertiary/aromatic N) is 4. The number of pyridine rings is 1. The van der Waals surface area contributed by atoms with Crippen molar-refractivity contribution >= 4 is 5.91 Å². The summed E-state index contributed by atoms with van der Waals surface area (Å²) in [6.45, 7) is 7.26. The first kappa shape index (κ1) is 18.8. The van der Waals surface area contributed by atoms with E-state index < -0.39 is 0 Å². The summed E-state index contributed by atoms with van der Waals surface area (Å²) in [5.74, 6) is 0.939.